The lowest BCUT2D eigenvalue weighted by molar-refractivity contribution is 0.114. The molecular formula is C14H22ClN3O. The number of halogens is 1. The van der Waals surface area contributed by atoms with Crippen molar-refractivity contribution in [2.24, 2.45) is 5.92 Å². The van der Waals surface area contributed by atoms with Gasteiger partial charge in [-0.15, -0.1) is 0 Å². The Morgan fingerprint density at radius 1 is 1.37 bits per heavy atom. The van der Waals surface area contributed by atoms with Gasteiger partial charge in [0.1, 0.15) is 16.8 Å². The fraction of sp³-hybridized carbons (Fsp3) is 0.714. The summed E-state index contributed by atoms with van der Waals surface area (Å²) in [5.74, 6) is 2.34. The Balaban J connectivity index is 1.95. The summed E-state index contributed by atoms with van der Waals surface area (Å²) in [4.78, 5) is 8.70. The average Bonchev–Trinajstić information content (AvgIpc) is 3.21. The Bertz CT molecular complexity index is 419. The van der Waals surface area contributed by atoms with Gasteiger partial charge in [-0.05, 0) is 18.8 Å². The van der Waals surface area contributed by atoms with Crippen LogP contribution in [0.2, 0.25) is 5.15 Å². The van der Waals surface area contributed by atoms with Gasteiger partial charge in [0.05, 0.1) is 6.10 Å². The molecule has 1 unspecified atom stereocenters. The number of rotatable bonds is 7. The minimum Gasteiger partial charge on any atom is -0.391 e. The molecule has 1 aromatic rings. The van der Waals surface area contributed by atoms with Crippen LogP contribution in [0.4, 0.5) is 5.82 Å². The number of aliphatic hydroxyl groups is 1. The van der Waals surface area contributed by atoms with E-state index in [-0.39, 0.29) is 6.10 Å². The quantitative estimate of drug-likeness (QED) is 0.755. The maximum atomic E-state index is 10.1. The van der Waals surface area contributed by atoms with Crippen LogP contribution in [0.3, 0.4) is 0 Å². The molecule has 1 atom stereocenters. The van der Waals surface area contributed by atoms with Gasteiger partial charge in [-0.25, -0.2) is 9.97 Å². The molecule has 5 heteroatoms. The van der Waals surface area contributed by atoms with Crippen LogP contribution >= 0.6 is 11.6 Å². The summed E-state index contributed by atoms with van der Waals surface area (Å²) in [5.41, 5.74) is 0. The number of aromatic nitrogens is 2. The van der Waals surface area contributed by atoms with E-state index in [4.69, 9.17) is 11.6 Å². The molecule has 4 nitrogen and oxygen atoms in total. The maximum Gasteiger partial charge on any atom is 0.135 e. The predicted molar refractivity (Wildman–Crippen MR) is 77.6 cm³/mol. The molecule has 0 amide bonds. The van der Waals surface area contributed by atoms with E-state index in [2.05, 4.69) is 29.1 Å². The zero-order chi connectivity index (χ0) is 13.8. The van der Waals surface area contributed by atoms with Crippen molar-refractivity contribution in [1.29, 1.82) is 0 Å². The number of hydrogen-bond acceptors (Lipinski definition) is 4. The van der Waals surface area contributed by atoms with Crippen molar-refractivity contribution in [1.82, 2.24) is 9.97 Å². The van der Waals surface area contributed by atoms with E-state index in [1.165, 1.54) is 0 Å². The molecule has 1 aromatic heterocycles. The van der Waals surface area contributed by atoms with Gasteiger partial charge >= 0.3 is 0 Å². The standard InChI is InChI=1S/C14H22ClN3O/c1-3-9(4-2)11(19)8-16-13-7-12(15)17-14(18-13)10-5-6-10/h7,9-11,19H,3-6,8H2,1-2H3,(H,16,17,18). The molecule has 1 saturated carbocycles. The van der Waals surface area contributed by atoms with E-state index >= 15 is 0 Å². The van der Waals surface area contributed by atoms with Crippen LogP contribution in [-0.2, 0) is 0 Å². The van der Waals surface area contributed by atoms with Gasteiger partial charge < -0.3 is 10.4 Å². The van der Waals surface area contributed by atoms with Gasteiger partial charge in [-0.1, -0.05) is 38.3 Å². The highest BCUT2D eigenvalue weighted by molar-refractivity contribution is 6.29. The van der Waals surface area contributed by atoms with E-state index in [9.17, 15) is 5.11 Å². The van der Waals surface area contributed by atoms with Crippen molar-refractivity contribution >= 4 is 17.4 Å². The lowest BCUT2D eigenvalue weighted by Gasteiger charge is -2.20. The fourth-order valence-corrected chi connectivity index (χ4v) is 2.45. The van der Waals surface area contributed by atoms with E-state index in [1.807, 2.05) is 0 Å². The molecule has 19 heavy (non-hydrogen) atoms. The molecule has 0 aliphatic heterocycles. The highest BCUT2D eigenvalue weighted by Crippen LogP contribution is 2.38. The summed E-state index contributed by atoms with van der Waals surface area (Å²) >= 11 is 6.00. The van der Waals surface area contributed by atoms with Crippen LogP contribution < -0.4 is 5.32 Å². The third-order valence-electron chi connectivity index (χ3n) is 3.74. The molecule has 106 valence electrons. The first-order valence-electron chi connectivity index (χ1n) is 7.10. The molecule has 1 aliphatic carbocycles. The lowest BCUT2D eigenvalue weighted by atomic mass is 9.97. The summed E-state index contributed by atoms with van der Waals surface area (Å²) in [5, 5.41) is 13.7. The lowest BCUT2D eigenvalue weighted by Crippen LogP contribution is -2.28. The van der Waals surface area contributed by atoms with Gasteiger partial charge in [-0.3, -0.25) is 0 Å². The Labute approximate surface area is 119 Å². The van der Waals surface area contributed by atoms with Crippen molar-refractivity contribution in [3.05, 3.63) is 17.0 Å². The molecule has 0 spiro atoms. The van der Waals surface area contributed by atoms with Crippen molar-refractivity contribution < 1.29 is 5.11 Å². The van der Waals surface area contributed by atoms with E-state index in [1.54, 1.807) is 6.07 Å². The summed E-state index contributed by atoms with van der Waals surface area (Å²) in [6.45, 7) is 4.71. The molecule has 2 rings (SSSR count). The number of nitrogens with zero attached hydrogens (tertiary/aromatic N) is 2. The van der Waals surface area contributed by atoms with Crippen LogP contribution in [-0.4, -0.2) is 27.7 Å². The number of hydrogen-bond donors (Lipinski definition) is 2. The minimum absolute atomic E-state index is 0.327. The Hall–Kier alpha value is -0.870. The number of anilines is 1. The van der Waals surface area contributed by atoms with E-state index in [0.29, 0.717) is 29.4 Å². The smallest absolute Gasteiger partial charge is 0.135 e. The van der Waals surface area contributed by atoms with Crippen LogP contribution in [0.25, 0.3) is 0 Å². The molecule has 0 radical (unpaired) electrons. The zero-order valence-electron chi connectivity index (χ0n) is 11.6. The van der Waals surface area contributed by atoms with E-state index < -0.39 is 0 Å². The molecular weight excluding hydrogens is 262 g/mol. The van der Waals surface area contributed by atoms with Crippen molar-refractivity contribution in [3.63, 3.8) is 0 Å². The second kappa shape index (κ2) is 6.53. The van der Waals surface area contributed by atoms with Crippen LogP contribution in [0.1, 0.15) is 51.3 Å². The zero-order valence-corrected chi connectivity index (χ0v) is 12.3. The molecule has 1 fully saturated rings. The number of aliphatic hydroxyl groups excluding tert-OH is 1. The summed E-state index contributed by atoms with van der Waals surface area (Å²) in [7, 11) is 0. The summed E-state index contributed by atoms with van der Waals surface area (Å²) in [6.07, 6.45) is 3.91. The van der Waals surface area contributed by atoms with Crippen LogP contribution in [0, 0.1) is 5.92 Å². The second-order valence-corrected chi connectivity index (χ2v) is 5.62. The van der Waals surface area contributed by atoms with Crippen molar-refractivity contribution in [3.8, 4) is 0 Å². The monoisotopic (exact) mass is 283 g/mol. The van der Waals surface area contributed by atoms with Gasteiger partial charge in [0.25, 0.3) is 0 Å². The highest BCUT2D eigenvalue weighted by Gasteiger charge is 2.27. The third kappa shape index (κ3) is 4.05. The first-order valence-corrected chi connectivity index (χ1v) is 7.48. The topological polar surface area (TPSA) is 58.0 Å². The second-order valence-electron chi connectivity index (χ2n) is 5.23. The Kier molecular flexibility index (Phi) is 4.99. The Morgan fingerprint density at radius 3 is 2.63 bits per heavy atom. The van der Waals surface area contributed by atoms with Gasteiger partial charge in [-0.2, -0.15) is 0 Å². The minimum atomic E-state index is -0.354. The van der Waals surface area contributed by atoms with Crippen molar-refractivity contribution in [2.45, 2.75) is 51.6 Å². The first-order chi connectivity index (χ1) is 9.13. The summed E-state index contributed by atoms with van der Waals surface area (Å²) in [6, 6.07) is 1.72. The van der Waals surface area contributed by atoms with Gasteiger partial charge in [0, 0.05) is 18.5 Å². The fourth-order valence-electron chi connectivity index (χ4n) is 2.26. The molecule has 2 N–H and O–H groups in total. The SMILES string of the molecule is CCC(CC)C(O)CNc1cc(Cl)nc(C2CC2)n1. The van der Waals surface area contributed by atoms with Crippen LogP contribution in [0.5, 0.6) is 0 Å². The predicted octanol–water partition coefficient (Wildman–Crippen LogP) is 3.22. The Morgan fingerprint density at radius 2 is 2.05 bits per heavy atom. The van der Waals surface area contributed by atoms with Crippen molar-refractivity contribution in [2.75, 3.05) is 11.9 Å². The van der Waals surface area contributed by atoms with Gasteiger partial charge in [0.2, 0.25) is 0 Å². The molecule has 0 saturated heterocycles. The molecule has 1 heterocycles. The largest absolute Gasteiger partial charge is 0.391 e. The maximum absolute atomic E-state index is 10.1. The normalized spacial score (nSPS) is 16.7. The summed E-state index contributed by atoms with van der Waals surface area (Å²) < 4.78 is 0. The third-order valence-corrected chi connectivity index (χ3v) is 3.93. The van der Waals surface area contributed by atoms with Gasteiger partial charge in [0.15, 0.2) is 0 Å². The molecule has 0 bridgehead atoms. The number of nitrogens with one attached hydrogen (secondary N) is 1. The highest BCUT2D eigenvalue weighted by atomic mass is 35.5. The molecule has 0 aromatic carbocycles. The molecule has 1 aliphatic rings. The average molecular weight is 284 g/mol. The first kappa shape index (κ1) is 14.5. The van der Waals surface area contributed by atoms with Crippen LogP contribution in [0.15, 0.2) is 6.07 Å². The van der Waals surface area contributed by atoms with E-state index in [0.717, 1.165) is 31.5 Å².